The van der Waals surface area contributed by atoms with Crippen molar-refractivity contribution >= 4 is 5.97 Å². The van der Waals surface area contributed by atoms with Crippen molar-refractivity contribution < 1.29 is 9.53 Å². The third kappa shape index (κ3) is 2.81. The fraction of sp³-hybridized carbons (Fsp3) is 0.889. The predicted molar refractivity (Wildman–Crippen MR) is 45.8 cm³/mol. The average molecular weight is 170 g/mol. The lowest BCUT2D eigenvalue weighted by atomic mass is 9.99. The van der Waals surface area contributed by atoms with Crippen LogP contribution in [0, 0.1) is 5.92 Å². The van der Waals surface area contributed by atoms with Crippen LogP contribution in [-0.4, -0.2) is 25.7 Å². The van der Waals surface area contributed by atoms with Crippen LogP contribution in [0.4, 0.5) is 0 Å². The molecule has 0 amide bonds. The number of hydrogen-bond acceptors (Lipinski definition) is 2. The fourth-order valence-corrected chi connectivity index (χ4v) is 1.31. The van der Waals surface area contributed by atoms with Crippen LogP contribution in [0.3, 0.4) is 0 Å². The first kappa shape index (κ1) is 9.52. The molecule has 0 aromatic rings. The maximum Gasteiger partial charge on any atom is 0.309 e. The summed E-state index contributed by atoms with van der Waals surface area (Å²) in [6.45, 7) is 4.22. The number of rotatable bonds is 3. The number of piperidine rings is 1. The molecule has 3 nitrogen and oxygen atoms in total. The van der Waals surface area contributed by atoms with Crippen LogP contribution in [0.2, 0.25) is 0 Å². The normalized spacial score (nSPS) is 19.1. The Hall–Kier alpha value is -0.570. The van der Waals surface area contributed by atoms with Crippen molar-refractivity contribution in [1.29, 1.82) is 0 Å². The summed E-state index contributed by atoms with van der Waals surface area (Å²) < 4.78 is 5.05. The summed E-state index contributed by atoms with van der Waals surface area (Å²) in [5, 5.41) is 4.18. The summed E-state index contributed by atoms with van der Waals surface area (Å²) in [6, 6.07) is 0. The van der Waals surface area contributed by atoms with Gasteiger partial charge < -0.3 is 4.74 Å². The summed E-state index contributed by atoms with van der Waals surface area (Å²) >= 11 is 0. The van der Waals surface area contributed by atoms with Crippen LogP contribution in [0.25, 0.3) is 0 Å². The van der Waals surface area contributed by atoms with Crippen LogP contribution in [0.5, 0.6) is 0 Å². The summed E-state index contributed by atoms with van der Waals surface area (Å²) in [7, 11) is 0. The molecule has 1 aliphatic rings. The topological polar surface area (TPSA) is 40.4 Å². The van der Waals surface area contributed by atoms with Gasteiger partial charge in [-0.05, 0) is 19.3 Å². The molecule has 1 radical (unpaired) electrons. The Morgan fingerprint density at radius 1 is 1.50 bits per heavy atom. The van der Waals surface area contributed by atoms with Crippen molar-refractivity contribution in [3.8, 4) is 0 Å². The second kappa shape index (κ2) is 5.14. The molecule has 1 saturated heterocycles. The number of carbonyl (C=O) groups is 1. The van der Waals surface area contributed by atoms with E-state index < -0.39 is 0 Å². The van der Waals surface area contributed by atoms with Crippen molar-refractivity contribution in [2.45, 2.75) is 26.2 Å². The van der Waals surface area contributed by atoms with Gasteiger partial charge in [0.1, 0.15) is 0 Å². The maximum atomic E-state index is 11.3. The zero-order chi connectivity index (χ0) is 8.81. The number of ether oxygens (including phenoxy) is 1. The minimum Gasteiger partial charge on any atom is -0.465 e. The van der Waals surface area contributed by atoms with Gasteiger partial charge in [-0.3, -0.25) is 4.79 Å². The highest BCUT2D eigenvalue weighted by Crippen LogP contribution is 2.13. The van der Waals surface area contributed by atoms with Gasteiger partial charge in [-0.25, -0.2) is 5.32 Å². The summed E-state index contributed by atoms with van der Waals surface area (Å²) in [5.74, 6) is 0.0980. The van der Waals surface area contributed by atoms with E-state index in [2.05, 4.69) is 5.32 Å². The summed E-state index contributed by atoms with van der Waals surface area (Å²) in [4.78, 5) is 11.3. The van der Waals surface area contributed by atoms with Gasteiger partial charge in [0.05, 0.1) is 12.5 Å². The van der Waals surface area contributed by atoms with Crippen molar-refractivity contribution in [3.05, 3.63) is 0 Å². The molecule has 1 heterocycles. The molecule has 0 bridgehead atoms. The second-order valence-corrected chi connectivity index (χ2v) is 3.11. The SMILES string of the molecule is CCCOC(=O)C1CC[N]CC1. The molecule has 1 fully saturated rings. The zero-order valence-corrected chi connectivity index (χ0v) is 7.58. The van der Waals surface area contributed by atoms with Crippen molar-refractivity contribution in [2.75, 3.05) is 19.7 Å². The van der Waals surface area contributed by atoms with Gasteiger partial charge in [0.15, 0.2) is 0 Å². The highest BCUT2D eigenvalue weighted by Gasteiger charge is 2.22. The average Bonchev–Trinajstić information content (AvgIpc) is 2.15. The lowest BCUT2D eigenvalue weighted by molar-refractivity contribution is -0.149. The quantitative estimate of drug-likeness (QED) is 0.592. The Labute approximate surface area is 73.5 Å². The number of hydrogen-bond donors (Lipinski definition) is 0. The molecule has 0 aromatic carbocycles. The van der Waals surface area contributed by atoms with Gasteiger partial charge >= 0.3 is 5.97 Å². The zero-order valence-electron chi connectivity index (χ0n) is 7.58. The first-order chi connectivity index (χ1) is 5.84. The Morgan fingerprint density at radius 2 is 2.17 bits per heavy atom. The standard InChI is InChI=1S/C9H16NO2/c1-2-7-12-9(11)8-3-5-10-6-4-8/h8H,2-7H2,1H3. The molecule has 0 unspecified atom stereocenters. The maximum absolute atomic E-state index is 11.3. The van der Waals surface area contributed by atoms with E-state index in [0.29, 0.717) is 6.61 Å². The molecule has 1 aliphatic heterocycles. The molecule has 1 rings (SSSR count). The molecule has 0 spiro atoms. The van der Waals surface area contributed by atoms with Crippen molar-refractivity contribution in [2.24, 2.45) is 5.92 Å². The number of esters is 1. The molecule has 0 atom stereocenters. The monoisotopic (exact) mass is 170 g/mol. The Balaban J connectivity index is 2.20. The summed E-state index contributed by atoms with van der Waals surface area (Å²) in [5.41, 5.74) is 0. The first-order valence-corrected chi connectivity index (χ1v) is 4.64. The predicted octanol–water partition coefficient (Wildman–Crippen LogP) is 0.954. The fourth-order valence-electron chi connectivity index (χ4n) is 1.31. The molecule has 0 N–H and O–H groups in total. The van der Waals surface area contributed by atoms with Crippen molar-refractivity contribution in [3.63, 3.8) is 0 Å². The van der Waals surface area contributed by atoms with Gasteiger partial charge in [0.25, 0.3) is 0 Å². The third-order valence-corrected chi connectivity index (χ3v) is 2.05. The lowest BCUT2D eigenvalue weighted by Gasteiger charge is -2.19. The largest absolute Gasteiger partial charge is 0.465 e. The van der Waals surface area contributed by atoms with E-state index in [1.54, 1.807) is 0 Å². The first-order valence-electron chi connectivity index (χ1n) is 4.64. The smallest absolute Gasteiger partial charge is 0.309 e. The van der Waals surface area contributed by atoms with E-state index in [-0.39, 0.29) is 11.9 Å². The minimum absolute atomic E-state index is 0.0215. The molecular weight excluding hydrogens is 154 g/mol. The Bertz CT molecular complexity index is 141. The Kier molecular flexibility index (Phi) is 4.08. The van der Waals surface area contributed by atoms with E-state index in [0.717, 1.165) is 32.4 Å². The van der Waals surface area contributed by atoms with Crippen LogP contribution in [0.1, 0.15) is 26.2 Å². The molecule has 0 saturated carbocycles. The highest BCUT2D eigenvalue weighted by atomic mass is 16.5. The van der Waals surface area contributed by atoms with E-state index in [1.807, 2.05) is 6.92 Å². The van der Waals surface area contributed by atoms with E-state index >= 15 is 0 Å². The molecule has 12 heavy (non-hydrogen) atoms. The van der Waals surface area contributed by atoms with Gasteiger partial charge in [-0.2, -0.15) is 0 Å². The van der Waals surface area contributed by atoms with Gasteiger partial charge in [-0.1, -0.05) is 6.92 Å². The lowest BCUT2D eigenvalue weighted by Crippen LogP contribution is -2.29. The second-order valence-electron chi connectivity index (χ2n) is 3.11. The van der Waals surface area contributed by atoms with Gasteiger partial charge in [0, 0.05) is 13.1 Å². The molecule has 0 aromatic heterocycles. The molecule has 3 heteroatoms. The summed E-state index contributed by atoms with van der Waals surface area (Å²) in [6.07, 6.45) is 2.66. The van der Waals surface area contributed by atoms with Gasteiger partial charge in [0.2, 0.25) is 0 Å². The number of nitrogens with zero attached hydrogens (tertiary/aromatic N) is 1. The Morgan fingerprint density at radius 3 is 2.75 bits per heavy atom. The molecule has 69 valence electrons. The highest BCUT2D eigenvalue weighted by molar-refractivity contribution is 5.72. The van der Waals surface area contributed by atoms with Crippen LogP contribution in [-0.2, 0) is 9.53 Å². The van der Waals surface area contributed by atoms with Gasteiger partial charge in [-0.15, -0.1) is 0 Å². The van der Waals surface area contributed by atoms with E-state index in [4.69, 9.17) is 4.74 Å². The molecule has 0 aliphatic carbocycles. The van der Waals surface area contributed by atoms with E-state index in [9.17, 15) is 4.79 Å². The number of carbonyl (C=O) groups excluding carboxylic acids is 1. The third-order valence-electron chi connectivity index (χ3n) is 2.05. The minimum atomic E-state index is -0.0215. The van der Waals surface area contributed by atoms with Crippen LogP contribution in [0.15, 0.2) is 0 Å². The van der Waals surface area contributed by atoms with Crippen molar-refractivity contribution in [1.82, 2.24) is 5.32 Å². The van der Waals surface area contributed by atoms with Crippen LogP contribution >= 0.6 is 0 Å². The molecular formula is C9H16NO2. The van der Waals surface area contributed by atoms with E-state index in [1.165, 1.54) is 0 Å². The van der Waals surface area contributed by atoms with Crippen LogP contribution < -0.4 is 5.32 Å².